The fraction of sp³-hybridized carbons (Fsp3) is 0. The molecule has 8 rings (SSSR count). The van der Waals surface area contributed by atoms with Crippen LogP contribution in [0.3, 0.4) is 0 Å². The Hall–Kier alpha value is -3.98. The van der Waals surface area contributed by atoms with Crippen LogP contribution in [0.1, 0.15) is 0 Å². The Bertz CT molecular complexity index is 2270. The number of hydrogen-bond acceptors (Lipinski definition) is 1. The van der Waals surface area contributed by atoms with Crippen molar-refractivity contribution in [1.29, 1.82) is 0 Å². The van der Waals surface area contributed by atoms with Gasteiger partial charge in [0.25, 0.3) is 0 Å². The summed E-state index contributed by atoms with van der Waals surface area (Å²) in [6, 6.07) is 43.2. The number of hydrogen-bond donors (Lipinski definition) is 0. The van der Waals surface area contributed by atoms with E-state index in [4.69, 9.17) is 46.4 Å². The van der Waals surface area contributed by atoms with Gasteiger partial charge in [-0.3, -0.25) is 0 Å². The van der Waals surface area contributed by atoms with Crippen molar-refractivity contribution in [1.82, 2.24) is 0 Å². The normalized spacial score (nSPS) is 11.7. The van der Waals surface area contributed by atoms with Crippen LogP contribution in [0.25, 0.3) is 54.2 Å². The summed E-state index contributed by atoms with van der Waals surface area (Å²) in [6.45, 7) is 0. The molecule has 5 heteroatoms. The predicted molar refractivity (Wildman–Crippen MR) is 188 cm³/mol. The standard InChI is InChI=1S/C38H21Cl4N/c39-29-18-13-23-14-19-31(41)36-32(23)34(29)35-30(40)20-15-24-21-28(38(42)37(36)33(24)35)22-11-16-27(17-12-22)43(25-7-3-1-4-8-25)26-9-5-2-6-10-26/h1-21H. The first-order valence-electron chi connectivity index (χ1n) is 13.9. The van der Waals surface area contributed by atoms with E-state index in [9.17, 15) is 0 Å². The van der Waals surface area contributed by atoms with Crippen LogP contribution in [0.2, 0.25) is 20.1 Å². The summed E-state index contributed by atoms with van der Waals surface area (Å²) in [4.78, 5) is 2.24. The first kappa shape index (κ1) is 26.6. The lowest BCUT2D eigenvalue weighted by atomic mass is 9.87. The van der Waals surface area contributed by atoms with Crippen molar-refractivity contribution >= 4 is 107 Å². The molecule has 206 valence electrons. The second-order valence-corrected chi connectivity index (χ2v) is 12.2. The Balaban J connectivity index is 1.38. The summed E-state index contributed by atoms with van der Waals surface area (Å²) in [5, 5.41) is 10.1. The molecule has 0 unspecified atom stereocenters. The van der Waals surface area contributed by atoms with Crippen molar-refractivity contribution in [3.8, 4) is 11.1 Å². The highest BCUT2D eigenvalue weighted by Crippen LogP contribution is 2.51. The highest BCUT2D eigenvalue weighted by Gasteiger charge is 2.23. The van der Waals surface area contributed by atoms with Crippen LogP contribution in [0.5, 0.6) is 0 Å². The zero-order valence-corrected chi connectivity index (χ0v) is 25.6. The quantitative estimate of drug-likeness (QED) is 0.138. The van der Waals surface area contributed by atoms with Crippen molar-refractivity contribution in [3.05, 3.63) is 147 Å². The molecular formula is C38H21Cl4N. The zero-order chi connectivity index (χ0) is 29.2. The van der Waals surface area contributed by atoms with Gasteiger partial charge in [0.1, 0.15) is 0 Å². The Morgan fingerprint density at radius 3 is 1.35 bits per heavy atom. The van der Waals surface area contributed by atoms with Crippen molar-refractivity contribution in [2.75, 3.05) is 4.90 Å². The van der Waals surface area contributed by atoms with E-state index in [1.807, 2.05) is 48.5 Å². The zero-order valence-electron chi connectivity index (χ0n) is 22.6. The summed E-state index contributed by atoms with van der Waals surface area (Å²) >= 11 is 28.1. The van der Waals surface area contributed by atoms with Crippen LogP contribution in [0.4, 0.5) is 17.1 Å². The third-order valence-electron chi connectivity index (χ3n) is 8.24. The molecule has 0 bridgehead atoms. The van der Waals surface area contributed by atoms with Crippen LogP contribution < -0.4 is 4.90 Å². The van der Waals surface area contributed by atoms with E-state index in [0.717, 1.165) is 71.3 Å². The first-order valence-corrected chi connectivity index (χ1v) is 15.4. The minimum absolute atomic E-state index is 0.624. The molecule has 1 nitrogen and oxygen atoms in total. The molecule has 0 radical (unpaired) electrons. The van der Waals surface area contributed by atoms with E-state index in [1.54, 1.807) is 0 Å². The molecule has 0 aromatic heterocycles. The van der Waals surface area contributed by atoms with E-state index >= 15 is 0 Å². The number of para-hydroxylation sites is 2. The fourth-order valence-electron chi connectivity index (χ4n) is 6.38. The summed E-state index contributed by atoms with van der Waals surface area (Å²) in [7, 11) is 0. The molecule has 0 heterocycles. The van der Waals surface area contributed by atoms with E-state index in [2.05, 4.69) is 83.8 Å². The summed E-state index contributed by atoms with van der Waals surface area (Å²) in [5.41, 5.74) is 5.14. The van der Waals surface area contributed by atoms with E-state index < -0.39 is 0 Å². The monoisotopic (exact) mass is 631 g/mol. The summed E-state index contributed by atoms with van der Waals surface area (Å²) in [5.74, 6) is 0. The van der Waals surface area contributed by atoms with Gasteiger partial charge in [0.05, 0.1) is 5.02 Å². The van der Waals surface area contributed by atoms with Crippen molar-refractivity contribution in [2.45, 2.75) is 0 Å². The predicted octanol–water partition coefficient (Wildman–Crippen LogP) is 13.5. The highest BCUT2D eigenvalue weighted by atomic mass is 35.5. The fourth-order valence-corrected chi connectivity index (χ4v) is 7.49. The minimum Gasteiger partial charge on any atom is -0.311 e. The van der Waals surface area contributed by atoms with Gasteiger partial charge in [0, 0.05) is 70.0 Å². The van der Waals surface area contributed by atoms with Crippen LogP contribution in [-0.4, -0.2) is 0 Å². The molecule has 8 aromatic carbocycles. The molecule has 0 saturated carbocycles. The molecule has 0 atom stereocenters. The third-order valence-corrected chi connectivity index (χ3v) is 9.58. The average molecular weight is 633 g/mol. The molecule has 8 aromatic rings. The molecule has 0 fully saturated rings. The van der Waals surface area contributed by atoms with Crippen molar-refractivity contribution in [2.24, 2.45) is 0 Å². The number of anilines is 3. The Kier molecular flexibility index (Phi) is 6.40. The van der Waals surface area contributed by atoms with Gasteiger partial charge in [0.2, 0.25) is 0 Å². The van der Waals surface area contributed by atoms with Crippen molar-refractivity contribution < 1.29 is 0 Å². The number of nitrogens with zero attached hydrogens (tertiary/aromatic N) is 1. The lowest BCUT2D eigenvalue weighted by molar-refractivity contribution is 1.28. The highest BCUT2D eigenvalue weighted by molar-refractivity contribution is 6.53. The van der Waals surface area contributed by atoms with Crippen molar-refractivity contribution in [3.63, 3.8) is 0 Å². The molecule has 43 heavy (non-hydrogen) atoms. The van der Waals surface area contributed by atoms with E-state index in [0.29, 0.717) is 20.1 Å². The molecule has 0 aliphatic rings. The van der Waals surface area contributed by atoms with Gasteiger partial charge in [0.15, 0.2) is 0 Å². The number of halogens is 4. The van der Waals surface area contributed by atoms with E-state index in [-0.39, 0.29) is 0 Å². The molecule has 0 amide bonds. The molecule has 0 saturated heterocycles. The molecule has 0 aliphatic heterocycles. The summed E-state index contributed by atoms with van der Waals surface area (Å²) < 4.78 is 0. The number of rotatable bonds is 4. The average Bonchev–Trinajstić information content (AvgIpc) is 3.04. The Morgan fingerprint density at radius 2 is 0.814 bits per heavy atom. The Labute approximate surface area is 268 Å². The maximum atomic E-state index is 7.39. The largest absolute Gasteiger partial charge is 0.311 e. The van der Waals surface area contributed by atoms with Gasteiger partial charge in [-0.25, -0.2) is 0 Å². The van der Waals surface area contributed by atoms with Crippen LogP contribution in [-0.2, 0) is 0 Å². The molecule has 0 spiro atoms. The summed E-state index contributed by atoms with van der Waals surface area (Å²) in [6.07, 6.45) is 0. The second kappa shape index (κ2) is 10.3. The van der Waals surface area contributed by atoms with Crippen LogP contribution in [0.15, 0.2) is 127 Å². The molecular weight excluding hydrogens is 612 g/mol. The minimum atomic E-state index is 0.624. The van der Waals surface area contributed by atoms with E-state index in [1.165, 1.54) is 0 Å². The lowest BCUT2D eigenvalue weighted by Crippen LogP contribution is -2.09. The maximum Gasteiger partial charge on any atom is 0.0570 e. The van der Waals surface area contributed by atoms with Gasteiger partial charge < -0.3 is 4.90 Å². The second-order valence-electron chi connectivity index (χ2n) is 10.6. The van der Waals surface area contributed by atoms with Gasteiger partial charge in [-0.15, -0.1) is 0 Å². The lowest BCUT2D eigenvalue weighted by Gasteiger charge is -2.25. The SMILES string of the molecule is Clc1ccc2ccc(Cl)c3c4c(Cl)c(-c5ccc(N(c6ccccc6)c6ccccc6)cc5)cc5ccc(Cl)c(c1c23)c54. The maximum absolute atomic E-state index is 7.39. The molecule has 0 aliphatic carbocycles. The topological polar surface area (TPSA) is 3.24 Å². The van der Waals surface area contributed by atoms with Gasteiger partial charge in [-0.2, -0.15) is 0 Å². The third kappa shape index (κ3) is 4.15. The number of benzene rings is 8. The smallest absolute Gasteiger partial charge is 0.0570 e. The van der Waals surface area contributed by atoms with Gasteiger partial charge in [-0.05, 0) is 77.0 Å². The van der Waals surface area contributed by atoms with Crippen LogP contribution in [0, 0.1) is 0 Å². The van der Waals surface area contributed by atoms with Crippen LogP contribution >= 0.6 is 46.4 Å². The number of fused-ring (bicyclic) bond motifs is 2. The Morgan fingerprint density at radius 1 is 0.372 bits per heavy atom. The van der Waals surface area contributed by atoms with Gasteiger partial charge >= 0.3 is 0 Å². The van der Waals surface area contributed by atoms with Gasteiger partial charge in [-0.1, -0.05) is 113 Å². The molecule has 0 N–H and O–H groups in total. The first-order chi connectivity index (χ1) is 21.0.